The number of hydrogen-bond donors (Lipinski definition) is 1. The summed E-state index contributed by atoms with van der Waals surface area (Å²) in [5.74, 6) is 0.0723. The van der Waals surface area contributed by atoms with E-state index < -0.39 is 20.8 Å². The number of benzene rings is 2. The third-order valence-electron chi connectivity index (χ3n) is 4.69. The average Bonchev–Trinajstić information content (AvgIpc) is 2.66. The van der Waals surface area contributed by atoms with Gasteiger partial charge in [0.15, 0.2) is 0 Å². The van der Waals surface area contributed by atoms with Crippen molar-refractivity contribution in [3.63, 3.8) is 0 Å². The van der Waals surface area contributed by atoms with Gasteiger partial charge in [-0.25, -0.2) is 0 Å². The summed E-state index contributed by atoms with van der Waals surface area (Å²) < 4.78 is 37.6. The van der Waals surface area contributed by atoms with Crippen molar-refractivity contribution in [2.24, 2.45) is 0 Å². The van der Waals surface area contributed by atoms with Gasteiger partial charge in [-0.15, -0.1) is 0 Å². The molecule has 0 aromatic heterocycles. The SMILES string of the molecule is CCCCCCCCCCc1ccccc1Oc1ccc([O-])c(S(=O)(=O)O)c1.[K+]. The molecule has 0 fully saturated rings. The fraction of sp³-hybridized carbons (Fsp3) is 0.455. The molecule has 0 atom stereocenters. The molecular formula is C22H29KO5S. The number of ether oxygens (including phenoxy) is 1. The molecule has 0 saturated carbocycles. The van der Waals surface area contributed by atoms with Crippen molar-refractivity contribution in [2.45, 2.75) is 69.6 Å². The zero-order chi connectivity index (χ0) is 20.4. The van der Waals surface area contributed by atoms with Crippen molar-refractivity contribution in [2.75, 3.05) is 0 Å². The van der Waals surface area contributed by atoms with Gasteiger partial charge in [-0.05, 0) is 30.5 Å². The van der Waals surface area contributed by atoms with E-state index in [1.54, 1.807) is 0 Å². The standard InChI is InChI=1S/C22H30O5S.K/c1-2-3-4-5-6-7-8-9-12-18-13-10-11-14-21(18)27-19-15-16-20(23)22(17-19)28(24,25)26;/h10-11,13-17,23H,2-9,12H2,1H3,(H,24,25,26);/q;+1/p-1. The van der Waals surface area contributed by atoms with E-state index in [4.69, 9.17) is 9.29 Å². The molecular weight excluding hydrogens is 415 g/mol. The second-order valence-electron chi connectivity index (χ2n) is 7.02. The van der Waals surface area contributed by atoms with Gasteiger partial charge in [0.25, 0.3) is 10.1 Å². The van der Waals surface area contributed by atoms with Crippen LogP contribution in [0.4, 0.5) is 0 Å². The fourth-order valence-corrected chi connectivity index (χ4v) is 3.73. The van der Waals surface area contributed by atoms with Gasteiger partial charge in [0.05, 0.1) is 4.90 Å². The Morgan fingerprint density at radius 2 is 1.55 bits per heavy atom. The van der Waals surface area contributed by atoms with Crippen LogP contribution in [0, 0.1) is 0 Å². The van der Waals surface area contributed by atoms with Crippen LogP contribution in [-0.4, -0.2) is 13.0 Å². The molecule has 2 aromatic rings. The molecule has 0 spiro atoms. The molecule has 2 aromatic carbocycles. The quantitative estimate of drug-likeness (QED) is 0.309. The van der Waals surface area contributed by atoms with Gasteiger partial charge in [0.2, 0.25) is 0 Å². The Kier molecular flexibility index (Phi) is 12.7. The molecule has 5 nitrogen and oxygen atoms in total. The third-order valence-corrected chi connectivity index (χ3v) is 5.57. The van der Waals surface area contributed by atoms with Crippen LogP contribution >= 0.6 is 0 Å². The van der Waals surface area contributed by atoms with Crippen LogP contribution in [0.3, 0.4) is 0 Å². The smallest absolute Gasteiger partial charge is 0.872 e. The van der Waals surface area contributed by atoms with Gasteiger partial charge in [-0.3, -0.25) is 4.55 Å². The van der Waals surface area contributed by atoms with Crippen LogP contribution in [0.15, 0.2) is 47.4 Å². The molecule has 29 heavy (non-hydrogen) atoms. The summed E-state index contributed by atoms with van der Waals surface area (Å²) in [4.78, 5) is -0.675. The summed E-state index contributed by atoms with van der Waals surface area (Å²) in [5, 5.41) is 11.6. The van der Waals surface area contributed by atoms with E-state index in [2.05, 4.69) is 6.92 Å². The molecule has 0 unspecified atom stereocenters. The van der Waals surface area contributed by atoms with Gasteiger partial charge >= 0.3 is 51.4 Å². The minimum Gasteiger partial charge on any atom is -0.872 e. The largest absolute Gasteiger partial charge is 1.00 e. The summed E-state index contributed by atoms with van der Waals surface area (Å²) >= 11 is 0. The molecule has 0 aliphatic rings. The van der Waals surface area contributed by atoms with Crippen LogP contribution in [-0.2, 0) is 16.5 Å². The summed E-state index contributed by atoms with van der Waals surface area (Å²) in [6, 6.07) is 11.1. The summed E-state index contributed by atoms with van der Waals surface area (Å²) in [6.45, 7) is 2.22. The predicted molar refractivity (Wildman–Crippen MR) is 109 cm³/mol. The molecule has 1 N–H and O–H groups in total. The third kappa shape index (κ3) is 9.51. The van der Waals surface area contributed by atoms with Crippen LogP contribution in [0.1, 0.15) is 63.9 Å². The maximum absolute atomic E-state index is 11.6. The number of para-hydroxylation sites is 1. The zero-order valence-corrected chi connectivity index (χ0v) is 21.3. The van der Waals surface area contributed by atoms with Crippen LogP contribution < -0.4 is 61.2 Å². The van der Waals surface area contributed by atoms with E-state index in [0.717, 1.165) is 37.0 Å². The van der Waals surface area contributed by atoms with E-state index in [1.165, 1.54) is 44.6 Å². The maximum atomic E-state index is 11.6. The van der Waals surface area contributed by atoms with Gasteiger partial charge in [0.1, 0.15) is 11.5 Å². The van der Waals surface area contributed by atoms with Crippen molar-refractivity contribution in [1.82, 2.24) is 0 Å². The second kappa shape index (κ2) is 13.8. The van der Waals surface area contributed by atoms with Crippen LogP contribution in [0.2, 0.25) is 0 Å². The maximum Gasteiger partial charge on any atom is 1.00 e. The molecule has 0 aliphatic carbocycles. The van der Waals surface area contributed by atoms with E-state index in [0.29, 0.717) is 5.75 Å². The summed E-state index contributed by atoms with van der Waals surface area (Å²) in [5.41, 5.74) is 1.04. The first-order valence-corrected chi connectivity index (χ1v) is 11.4. The Bertz CT molecular complexity index is 852. The van der Waals surface area contributed by atoms with Crippen molar-refractivity contribution in [1.29, 1.82) is 0 Å². The van der Waals surface area contributed by atoms with Crippen molar-refractivity contribution in [3.8, 4) is 17.2 Å². The van der Waals surface area contributed by atoms with E-state index in [9.17, 15) is 13.5 Å². The molecule has 0 bridgehead atoms. The van der Waals surface area contributed by atoms with Crippen LogP contribution in [0.25, 0.3) is 0 Å². The van der Waals surface area contributed by atoms with E-state index in [1.807, 2.05) is 24.3 Å². The normalized spacial score (nSPS) is 11.1. The topological polar surface area (TPSA) is 86.7 Å². The number of aryl methyl sites for hydroxylation is 1. The van der Waals surface area contributed by atoms with Crippen molar-refractivity contribution < 1.29 is 74.2 Å². The Morgan fingerprint density at radius 3 is 2.21 bits per heavy atom. The molecule has 0 heterocycles. The summed E-state index contributed by atoms with van der Waals surface area (Å²) in [6.07, 6.45) is 10.8. The van der Waals surface area contributed by atoms with Gasteiger partial charge in [0, 0.05) is 6.07 Å². The fourth-order valence-electron chi connectivity index (χ4n) is 3.14. The number of hydrogen-bond acceptors (Lipinski definition) is 4. The molecule has 154 valence electrons. The Labute approximate surface area is 217 Å². The van der Waals surface area contributed by atoms with Gasteiger partial charge in [-0.2, -0.15) is 8.42 Å². The second-order valence-corrected chi connectivity index (χ2v) is 8.41. The van der Waals surface area contributed by atoms with E-state index in [-0.39, 0.29) is 57.1 Å². The molecule has 0 saturated heterocycles. The Hall–Kier alpha value is -0.414. The first-order chi connectivity index (χ1) is 13.4. The van der Waals surface area contributed by atoms with Crippen molar-refractivity contribution in [3.05, 3.63) is 48.0 Å². The molecule has 0 amide bonds. The molecule has 2 rings (SSSR count). The van der Waals surface area contributed by atoms with Gasteiger partial charge < -0.3 is 9.84 Å². The molecule has 0 aliphatic heterocycles. The minimum absolute atomic E-state index is 0. The zero-order valence-electron chi connectivity index (χ0n) is 17.4. The minimum atomic E-state index is -4.58. The Morgan fingerprint density at radius 1 is 0.931 bits per heavy atom. The van der Waals surface area contributed by atoms with E-state index >= 15 is 0 Å². The monoisotopic (exact) mass is 444 g/mol. The number of unbranched alkanes of at least 4 members (excludes halogenated alkanes) is 7. The predicted octanol–water partition coefficient (Wildman–Crippen LogP) is 2.49. The molecule has 0 radical (unpaired) electrons. The van der Waals surface area contributed by atoms with Gasteiger partial charge in [-0.1, -0.05) is 81.9 Å². The first kappa shape index (κ1) is 26.6. The molecule has 7 heteroatoms. The first-order valence-electron chi connectivity index (χ1n) is 9.96. The van der Waals surface area contributed by atoms with Crippen molar-refractivity contribution >= 4 is 10.1 Å². The average molecular weight is 445 g/mol. The van der Waals surface area contributed by atoms with Crippen LogP contribution in [0.5, 0.6) is 17.2 Å². The Balaban J connectivity index is 0.00000420. The summed E-state index contributed by atoms with van der Waals surface area (Å²) in [7, 11) is -4.58. The number of rotatable bonds is 12.